The molecule has 28 heavy (non-hydrogen) atoms. The zero-order valence-corrected chi connectivity index (χ0v) is 16.2. The average Bonchev–Trinajstić information content (AvgIpc) is 2.75. The van der Waals surface area contributed by atoms with Crippen molar-refractivity contribution in [3.63, 3.8) is 0 Å². The molecule has 5 nitrogen and oxygen atoms in total. The highest BCUT2D eigenvalue weighted by Crippen LogP contribution is 2.30. The molecule has 1 atom stereocenters. The Hall–Kier alpha value is -2.37. The molecule has 2 heterocycles. The van der Waals surface area contributed by atoms with Crippen LogP contribution in [-0.4, -0.2) is 59.4 Å². The lowest BCUT2D eigenvalue weighted by Gasteiger charge is -2.43. The molecule has 2 aromatic carbocycles. The van der Waals surface area contributed by atoms with E-state index in [0.29, 0.717) is 52.1 Å². The summed E-state index contributed by atoms with van der Waals surface area (Å²) in [6.45, 7) is 2.87. The van der Waals surface area contributed by atoms with Crippen LogP contribution >= 0.6 is 0 Å². The minimum Gasteiger partial charge on any atom is -0.389 e. The minimum atomic E-state index is -0.734. The monoisotopic (exact) mass is 380 g/mol. The Morgan fingerprint density at radius 2 is 1.64 bits per heavy atom. The third-order valence-corrected chi connectivity index (χ3v) is 5.90. The summed E-state index contributed by atoms with van der Waals surface area (Å²) in [4.78, 5) is 17.0. The lowest BCUT2D eigenvalue weighted by molar-refractivity contribution is -0.0276. The molecule has 148 valence electrons. The predicted octanol–water partition coefficient (Wildman–Crippen LogP) is 3.25. The number of carbonyl (C=O) groups excluding carboxylic acids is 1. The number of morpholine rings is 1. The standard InChI is InChI=1S/C23H28N2O3/c26-22(25-15-16-28-18-21(25)20-9-5-2-6-10-20)24-13-11-23(27,12-14-24)17-19-7-3-1-4-8-19/h1-10,21,27H,11-18H2/t21-/m0/s1. The maximum absolute atomic E-state index is 13.2. The van der Waals surface area contributed by atoms with E-state index in [1.807, 2.05) is 58.3 Å². The highest BCUT2D eigenvalue weighted by molar-refractivity contribution is 5.75. The number of ether oxygens (including phenoxy) is 1. The van der Waals surface area contributed by atoms with E-state index in [0.717, 1.165) is 11.1 Å². The zero-order chi connectivity index (χ0) is 19.4. The van der Waals surface area contributed by atoms with Crippen molar-refractivity contribution in [2.75, 3.05) is 32.8 Å². The van der Waals surface area contributed by atoms with E-state index in [4.69, 9.17) is 4.74 Å². The highest BCUT2D eigenvalue weighted by Gasteiger charge is 2.37. The number of likely N-dealkylation sites (tertiary alicyclic amines) is 1. The lowest BCUT2D eigenvalue weighted by Crippen LogP contribution is -2.54. The van der Waals surface area contributed by atoms with Crippen molar-refractivity contribution in [2.24, 2.45) is 0 Å². The fraction of sp³-hybridized carbons (Fsp3) is 0.435. The SMILES string of the molecule is O=C(N1CCC(O)(Cc2ccccc2)CC1)N1CCOC[C@H]1c1ccccc1. The number of piperidine rings is 1. The second kappa shape index (κ2) is 8.33. The number of benzene rings is 2. The largest absolute Gasteiger partial charge is 0.389 e. The van der Waals surface area contributed by atoms with Gasteiger partial charge in [-0.15, -0.1) is 0 Å². The molecule has 0 saturated carbocycles. The Morgan fingerprint density at radius 3 is 2.32 bits per heavy atom. The molecule has 2 saturated heterocycles. The first-order chi connectivity index (χ1) is 13.6. The van der Waals surface area contributed by atoms with Crippen molar-refractivity contribution in [3.8, 4) is 0 Å². The molecule has 0 radical (unpaired) electrons. The molecular formula is C23H28N2O3. The minimum absolute atomic E-state index is 0.0485. The van der Waals surface area contributed by atoms with Gasteiger partial charge in [-0.3, -0.25) is 0 Å². The van der Waals surface area contributed by atoms with E-state index < -0.39 is 5.60 Å². The van der Waals surface area contributed by atoms with E-state index >= 15 is 0 Å². The molecule has 0 unspecified atom stereocenters. The quantitative estimate of drug-likeness (QED) is 0.889. The molecule has 0 spiro atoms. The maximum atomic E-state index is 13.2. The number of nitrogens with zero attached hydrogens (tertiary/aromatic N) is 2. The number of carbonyl (C=O) groups is 1. The third-order valence-electron chi connectivity index (χ3n) is 5.90. The van der Waals surface area contributed by atoms with E-state index in [2.05, 4.69) is 12.1 Å². The van der Waals surface area contributed by atoms with Crippen LogP contribution in [0.2, 0.25) is 0 Å². The van der Waals surface area contributed by atoms with Crippen LogP contribution in [0.15, 0.2) is 60.7 Å². The second-order valence-electron chi connectivity index (χ2n) is 7.85. The molecule has 0 aromatic heterocycles. The highest BCUT2D eigenvalue weighted by atomic mass is 16.5. The Bertz CT molecular complexity index is 773. The Balaban J connectivity index is 1.40. The Labute approximate surface area is 166 Å². The first kappa shape index (κ1) is 19.0. The summed E-state index contributed by atoms with van der Waals surface area (Å²) in [7, 11) is 0. The number of hydrogen-bond donors (Lipinski definition) is 1. The van der Waals surface area contributed by atoms with Crippen molar-refractivity contribution in [1.82, 2.24) is 9.80 Å². The van der Waals surface area contributed by atoms with Gasteiger partial charge < -0.3 is 19.6 Å². The van der Waals surface area contributed by atoms with E-state index in [1.54, 1.807) is 0 Å². The van der Waals surface area contributed by atoms with Crippen LogP contribution in [0.4, 0.5) is 4.79 Å². The summed E-state index contributed by atoms with van der Waals surface area (Å²) < 4.78 is 5.65. The molecule has 0 bridgehead atoms. The maximum Gasteiger partial charge on any atom is 0.320 e. The first-order valence-corrected chi connectivity index (χ1v) is 10.1. The zero-order valence-electron chi connectivity index (χ0n) is 16.2. The van der Waals surface area contributed by atoms with Crippen LogP contribution in [0.5, 0.6) is 0 Å². The van der Waals surface area contributed by atoms with Crippen LogP contribution in [0.3, 0.4) is 0 Å². The number of hydrogen-bond acceptors (Lipinski definition) is 3. The van der Waals surface area contributed by atoms with Crippen LogP contribution < -0.4 is 0 Å². The van der Waals surface area contributed by atoms with Gasteiger partial charge >= 0.3 is 6.03 Å². The van der Waals surface area contributed by atoms with Crippen molar-refractivity contribution in [3.05, 3.63) is 71.8 Å². The van der Waals surface area contributed by atoms with Gasteiger partial charge in [0.05, 0.1) is 24.9 Å². The van der Waals surface area contributed by atoms with Gasteiger partial charge in [-0.1, -0.05) is 60.7 Å². The molecule has 1 N–H and O–H groups in total. The first-order valence-electron chi connectivity index (χ1n) is 10.1. The van der Waals surface area contributed by atoms with Crippen LogP contribution in [0, 0.1) is 0 Å². The van der Waals surface area contributed by atoms with Crippen molar-refractivity contribution in [2.45, 2.75) is 30.9 Å². The fourth-order valence-corrected chi connectivity index (χ4v) is 4.23. The normalized spacial score (nSPS) is 22.1. The van der Waals surface area contributed by atoms with Crippen LogP contribution in [0.25, 0.3) is 0 Å². The Kier molecular flexibility index (Phi) is 5.64. The molecule has 2 fully saturated rings. The van der Waals surface area contributed by atoms with Gasteiger partial charge in [0, 0.05) is 26.1 Å². The van der Waals surface area contributed by atoms with Crippen LogP contribution in [-0.2, 0) is 11.2 Å². The van der Waals surface area contributed by atoms with Crippen molar-refractivity contribution < 1.29 is 14.6 Å². The average molecular weight is 380 g/mol. The van der Waals surface area contributed by atoms with Gasteiger partial charge in [0.2, 0.25) is 0 Å². The summed E-state index contributed by atoms with van der Waals surface area (Å²) in [6, 6.07) is 20.2. The number of amides is 2. The second-order valence-corrected chi connectivity index (χ2v) is 7.85. The molecule has 5 heteroatoms. The molecule has 0 aliphatic carbocycles. The molecular weight excluding hydrogens is 352 g/mol. The smallest absolute Gasteiger partial charge is 0.320 e. The van der Waals surface area contributed by atoms with Gasteiger partial charge in [-0.05, 0) is 24.0 Å². The van der Waals surface area contributed by atoms with Gasteiger partial charge in [-0.25, -0.2) is 4.79 Å². The van der Waals surface area contributed by atoms with E-state index in [9.17, 15) is 9.90 Å². The summed E-state index contributed by atoms with van der Waals surface area (Å²) in [5.41, 5.74) is 1.51. The summed E-state index contributed by atoms with van der Waals surface area (Å²) in [5.74, 6) is 0. The number of urea groups is 1. The van der Waals surface area contributed by atoms with Crippen molar-refractivity contribution >= 4 is 6.03 Å². The summed E-state index contributed by atoms with van der Waals surface area (Å²) in [6.07, 6.45) is 1.85. The van der Waals surface area contributed by atoms with Gasteiger partial charge in [0.15, 0.2) is 0 Å². The van der Waals surface area contributed by atoms with Gasteiger partial charge in [0.25, 0.3) is 0 Å². The predicted molar refractivity (Wildman–Crippen MR) is 108 cm³/mol. The number of aliphatic hydroxyl groups is 1. The summed E-state index contributed by atoms with van der Waals surface area (Å²) >= 11 is 0. The molecule has 2 amide bonds. The lowest BCUT2D eigenvalue weighted by atomic mass is 9.85. The van der Waals surface area contributed by atoms with E-state index in [1.165, 1.54) is 0 Å². The fourth-order valence-electron chi connectivity index (χ4n) is 4.23. The van der Waals surface area contributed by atoms with Crippen LogP contribution in [0.1, 0.15) is 30.0 Å². The topological polar surface area (TPSA) is 53.0 Å². The third kappa shape index (κ3) is 4.21. The molecule has 2 aliphatic heterocycles. The summed E-state index contributed by atoms with van der Waals surface area (Å²) in [5, 5.41) is 11.0. The number of rotatable bonds is 3. The molecule has 4 rings (SSSR count). The molecule has 2 aliphatic rings. The van der Waals surface area contributed by atoms with Gasteiger partial charge in [-0.2, -0.15) is 0 Å². The Morgan fingerprint density at radius 1 is 1.00 bits per heavy atom. The van der Waals surface area contributed by atoms with Gasteiger partial charge in [0.1, 0.15) is 0 Å². The molecule has 2 aromatic rings. The van der Waals surface area contributed by atoms with E-state index in [-0.39, 0.29) is 12.1 Å². The van der Waals surface area contributed by atoms with Crippen molar-refractivity contribution in [1.29, 1.82) is 0 Å².